The van der Waals surface area contributed by atoms with Gasteiger partial charge in [0.25, 0.3) is 0 Å². The Morgan fingerprint density at radius 2 is 1.81 bits per heavy atom. The quantitative estimate of drug-likeness (QED) is 0.596. The average Bonchev–Trinajstić information content (AvgIpc) is 2.39. The summed E-state index contributed by atoms with van der Waals surface area (Å²) in [6.45, 7) is 9.98. The largest absolute Gasteiger partial charge is 0.342 e. The lowest BCUT2D eigenvalue weighted by Gasteiger charge is -2.41. The van der Waals surface area contributed by atoms with Crippen molar-refractivity contribution in [3.05, 3.63) is 0 Å². The average molecular weight is 296 g/mol. The lowest BCUT2D eigenvalue weighted by Crippen LogP contribution is -2.52. The lowest BCUT2D eigenvalue weighted by molar-refractivity contribution is -0.138. The number of nitrogens with zero attached hydrogens (tertiary/aromatic N) is 1. The first kappa shape index (κ1) is 18.1. The van der Waals surface area contributed by atoms with Gasteiger partial charge in [-0.1, -0.05) is 27.2 Å². The summed E-state index contributed by atoms with van der Waals surface area (Å²) in [5.41, 5.74) is 0. The summed E-state index contributed by atoms with van der Waals surface area (Å²) < 4.78 is 0. The second kappa shape index (κ2) is 9.93. The number of unbranched alkanes of at least 4 members (excludes halogenated alkanes) is 2. The van der Waals surface area contributed by atoms with Gasteiger partial charge in [-0.25, -0.2) is 0 Å². The fourth-order valence-electron chi connectivity index (χ4n) is 2.54. The van der Waals surface area contributed by atoms with E-state index in [4.69, 9.17) is 0 Å². The van der Waals surface area contributed by atoms with Gasteiger partial charge in [0.2, 0.25) is 5.91 Å². The van der Waals surface area contributed by atoms with Crippen LogP contribution in [0.5, 0.6) is 0 Å². The molecule has 1 rings (SSSR count). The smallest absolute Gasteiger partial charge is 0.223 e. The molecule has 1 N–H and O–H groups in total. The minimum absolute atomic E-state index is 0.285. The predicted molar refractivity (Wildman–Crippen MR) is 86.2 cm³/mol. The summed E-state index contributed by atoms with van der Waals surface area (Å²) in [5.74, 6) is 2.04. The van der Waals surface area contributed by atoms with Crippen molar-refractivity contribution in [3.8, 4) is 0 Å². The van der Waals surface area contributed by atoms with Gasteiger partial charge in [-0.3, -0.25) is 9.59 Å². The molecule has 0 atom stereocenters. The zero-order valence-corrected chi connectivity index (χ0v) is 14.0. The van der Waals surface area contributed by atoms with Crippen LogP contribution in [0.1, 0.15) is 59.3 Å². The van der Waals surface area contributed by atoms with Gasteiger partial charge in [0.05, 0.1) is 0 Å². The topological polar surface area (TPSA) is 49.4 Å². The van der Waals surface area contributed by atoms with E-state index in [0.717, 1.165) is 51.9 Å². The van der Waals surface area contributed by atoms with Crippen molar-refractivity contribution in [2.45, 2.75) is 59.3 Å². The summed E-state index contributed by atoms with van der Waals surface area (Å²) >= 11 is 0. The number of ketones is 1. The van der Waals surface area contributed by atoms with Crippen LogP contribution in [0, 0.1) is 11.8 Å². The molecule has 0 radical (unpaired) electrons. The maximum atomic E-state index is 11.9. The third-order valence-corrected chi connectivity index (χ3v) is 4.42. The zero-order chi connectivity index (χ0) is 15.7. The van der Waals surface area contributed by atoms with Crippen LogP contribution >= 0.6 is 0 Å². The number of carbonyl (C=O) groups is 2. The van der Waals surface area contributed by atoms with Crippen LogP contribution in [0.4, 0.5) is 0 Å². The van der Waals surface area contributed by atoms with Gasteiger partial charge in [0, 0.05) is 38.9 Å². The molecule has 0 unspecified atom stereocenters. The van der Waals surface area contributed by atoms with E-state index >= 15 is 0 Å². The number of likely N-dealkylation sites (tertiary alicyclic amines) is 1. The van der Waals surface area contributed by atoms with E-state index < -0.39 is 0 Å². The summed E-state index contributed by atoms with van der Waals surface area (Å²) in [6.07, 6.45) is 5.17. The SMILES string of the molecule is CCC(=O)CCCCCNCCC(=O)N1CC(C(C)C)C1. The second-order valence-electron chi connectivity index (χ2n) is 6.51. The zero-order valence-electron chi connectivity index (χ0n) is 14.0. The van der Waals surface area contributed by atoms with Crippen molar-refractivity contribution < 1.29 is 9.59 Å². The predicted octanol–water partition coefficient (Wildman–Crippen LogP) is 2.62. The fraction of sp³-hybridized carbons (Fsp3) is 0.882. The van der Waals surface area contributed by atoms with E-state index in [1.807, 2.05) is 11.8 Å². The Labute approximate surface area is 129 Å². The van der Waals surface area contributed by atoms with Gasteiger partial charge in [0.15, 0.2) is 0 Å². The first-order chi connectivity index (χ1) is 10.0. The minimum atomic E-state index is 0.285. The molecule has 4 heteroatoms. The maximum Gasteiger partial charge on any atom is 0.223 e. The Hall–Kier alpha value is -0.900. The molecule has 1 saturated heterocycles. The van der Waals surface area contributed by atoms with Crippen molar-refractivity contribution in [2.75, 3.05) is 26.2 Å². The molecule has 4 nitrogen and oxygen atoms in total. The van der Waals surface area contributed by atoms with Crippen LogP contribution in [0.2, 0.25) is 0 Å². The monoisotopic (exact) mass is 296 g/mol. The van der Waals surface area contributed by atoms with Crippen molar-refractivity contribution >= 4 is 11.7 Å². The van der Waals surface area contributed by atoms with E-state index in [9.17, 15) is 9.59 Å². The molecule has 0 aromatic rings. The molecule has 0 bridgehead atoms. The minimum Gasteiger partial charge on any atom is -0.342 e. The van der Waals surface area contributed by atoms with Crippen LogP contribution in [-0.2, 0) is 9.59 Å². The molecule has 1 fully saturated rings. The van der Waals surface area contributed by atoms with Gasteiger partial charge in [0.1, 0.15) is 5.78 Å². The fourth-order valence-corrected chi connectivity index (χ4v) is 2.54. The standard InChI is InChI=1S/C17H32N2O2/c1-4-16(20)8-6-5-7-10-18-11-9-17(21)19-12-15(13-19)14(2)3/h14-15,18H,4-13H2,1-3H3. The molecular formula is C17H32N2O2. The van der Waals surface area contributed by atoms with Crippen molar-refractivity contribution in [1.29, 1.82) is 0 Å². The third kappa shape index (κ3) is 7.07. The first-order valence-corrected chi connectivity index (χ1v) is 8.54. The molecule has 122 valence electrons. The first-order valence-electron chi connectivity index (χ1n) is 8.54. The Bertz CT molecular complexity index is 323. The molecular weight excluding hydrogens is 264 g/mol. The summed E-state index contributed by atoms with van der Waals surface area (Å²) in [7, 11) is 0. The highest BCUT2D eigenvalue weighted by molar-refractivity contribution is 5.78. The van der Waals surface area contributed by atoms with Crippen LogP contribution in [0.25, 0.3) is 0 Å². The Morgan fingerprint density at radius 1 is 1.10 bits per heavy atom. The summed E-state index contributed by atoms with van der Waals surface area (Å²) in [4.78, 5) is 25.0. The number of hydrogen-bond donors (Lipinski definition) is 1. The normalized spacial score (nSPS) is 15.3. The van der Waals surface area contributed by atoms with Gasteiger partial charge in [-0.2, -0.15) is 0 Å². The van der Waals surface area contributed by atoms with Crippen LogP contribution in [0.15, 0.2) is 0 Å². The van der Waals surface area contributed by atoms with Gasteiger partial charge in [-0.05, 0) is 31.2 Å². The van der Waals surface area contributed by atoms with E-state index in [0.29, 0.717) is 30.5 Å². The van der Waals surface area contributed by atoms with E-state index in [-0.39, 0.29) is 5.91 Å². The van der Waals surface area contributed by atoms with Gasteiger partial charge in [-0.15, -0.1) is 0 Å². The molecule has 1 aliphatic heterocycles. The molecule has 0 saturated carbocycles. The lowest BCUT2D eigenvalue weighted by atomic mass is 9.88. The molecule has 1 aliphatic rings. The van der Waals surface area contributed by atoms with Gasteiger partial charge < -0.3 is 10.2 Å². The Balaban J connectivity index is 1.88. The number of Topliss-reactive ketones (excluding diaryl/α,β-unsaturated/α-hetero) is 1. The second-order valence-corrected chi connectivity index (χ2v) is 6.51. The number of amides is 1. The van der Waals surface area contributed by atoms with Crippen LogP contribution < -0.4 is 5.32 Å². The maximum absolute atomic E-state index is 11.9. The summed E-state index contributed by atoms with van der Waals surface area (Å²) in [6, 6.07) is 0. The number of hydrogen-bond acceptors (Lipinski definition) is 3. The third-order valence-electron chi connectivity index (χ3n) is 4.42. The number of nitrogens with one attached hydrogen (secondary N) is 1. The molecule has 0 aliphatic carbocycles. The van der Waals surface area contributed by atoms with Crippen molar-refractivity contribution in [1.82, 2.24) is 10.2 Å². The van der Waals surface area contributed by atoms with Crippen LogP contribution in [0.3, 0.4) is 0 Å². The highest BCUT2D eigenvalue weighted by Gasteiger charge is 2.31. The molecule has 21 heavy (non-hydrogen) atoms. The van der Waals surface area contributed by atoms with E-state index in [1.54, 1.807) is 0 Å². The van der Waals surface area contributed by atoms with Crippen molar-refractivity contribution in [2.24, 2.45) is 11.8 Å². The summed E-state index contributed by atoms with van der Waals surface area (Å²) in [5, 5.41) is 3.32. The molecule has 0 aromatic carbocycles. The molecule has 0 aromatic heterocycles. The Morgan fingerprint density at radius 3 is 2.43 bits per heavy atom. The highest BCUT2D eigenvalue weighted by atomic mass is 16.2. The van der Waals surface area contributed by atoms with Crippen LogP contribution in [-0.4, -0.2) is 42.8 Å². The highest BCUT2D eigenvalue weighted by Crippen LogP contribution is 2.23. The van der Waals surface area contributed by atoms with Gasteiger partial charge >= 0.3 is 0 Å². The number of carbonyl (C=O) groups excluding carboxylic acids is 2. The van der Waals surface area contributed by atoms with E-state index in [1.165, 1.54) is 0 Å². The number of rotatable bonds is 11. The molecule has 0 spiro atoms. The van der Waals surface area contributed by atoms with E-state index in [2.05, 4.69) is 19.2 Å². The van der Waals surface area contributed by atoms with Crippen molar-refractivity contribution in [3.63, 3.8) is 0 Å². The molecule has 1 amide bonds. The molecule has 1 heterocycles. The Kier molecular flexibility index (Phi) is 8.58.